The van der Waals surface area contributed by atoms with Gasteiger partial charge in [0.2, 0.25) is 0 Å². The van der Waals surface area contributed by atoms with Gasteiger partial charge in [0.1, 0.15) is 6.17 Å². The zero-order valence-electron chi connectivity index (χ0n) is 29.7. The van der Waals surface area contributed by atoms with Crippen LogP contribution in [-0.4, -0.2) is 29.1 Å². The fourth-order valence-electron chi connectivity index (χ4n) is 6.89. The molecular weight excluding hydrogens is 508 g/mol. The van der Waals surface area contributed by atoms with Gasteiger partial charge < -0.3 is 9.80 Å². The molecule has 1 aliphatic heterocycles. The first-order valence-electron chi connectivity index (χ1n) is 20.0. The van der Waals surface area contributed by atoms with Crippen molar-refractivity contribution in [1.82, 2.24) is 9.80 Å². The number of hydrogen-bond acceptors (Lipinski definition) is 2. The third kappa shape index (κ3) is 23.8. The van der Waals surface area contributed by atoms with Gasteiger partial charge in [0.05, 0.1) is 0 Å². The molecule has 1 atom stereocenters. The van der Waals surface area contributed by atoms with E-state index in [1.54, 1.807) is 0 Å². The summed E-state index contributed by atoms with van der Waals surface area (Å²) in [7, 11) is 0. The van der Waals surface area contributed by atoms with E-state index in [1.165, 1.54) is 219 Å². The lowest BCUT2D eigenvalue weighted by atomic mass is 10.0. The highest BCUT2D eigenvalue weighted by molar-refractivity contribution is 4.97. The van der Waals surface area contributed by atoms with Crippen LogP contribution in [0.1, 0.15) is 226 Å². The average Bonchev–Trinajstić information content (AvgIpc) is 3.38. The minimum atomic E-state index is 0.640. The van der Waals surface area contributed by atoms with Gasteiger partial charge in [0.15, 0.2) is 0 Å². The molecule has 0 spiro atoms. The SMILES string of the molecule is CCCCCCCCCCCCCCCC1N(CCCCCCCCCC)C=CN1CCCCCCCCCCCC. The first kappa shape index (κ1) is 39.4. The molecule has 0 bridgehead atoms. The number of hydrogen-bond donors (Lipinski definition) is 0. The van der Waals surface area contributed by atoms with Crippen molar-refractivity contribution in [3.05, 3.63) is 12.4 Å². The van der Waals surface area contributed by atoms with Crippen LogP contribution in [0.2, 0.25) is 0 Å². The topological polar surface area (TPSA) is 6.48 Å². The van der Waals surface area contributed by atoms with Crippen LogP contribution in [0.5, 0.6) is 0 Å². The largest absolute Gasteiger partial charge is 0.356 e. The third-order valence-electron chi connectivity index (χ3n) is 9.82. The van der Waals surface area contributed by atoms with Gasteiger partial charge in [0.25, 0.3) is 0 Å². The molecule has 1 heterocycles. The fourth-order valence-corrected chi connectivity index (χ4v) is 6.89. The summed E-state index contributed by atoms with van der Waals surface area (Å²) in [5.74, 6) is 0. The Labute approximate surface area is 267 Å². The summed E-state index contributed by atoms with van der Waals surface area (Å²) in [6.07, 6.45) is 51.4. The lowest BCUT2D eigenvalue weighted by Crippen LogP contribution is -2.39. The monoisotopic (exact) mass is 589 g/mol. The van der Waals surface area contributed by atoms with Crippen molar-refractivity contribution in [3.63, 3.8) is 0 Å². The summed E-state index contributed by atoms with van der Waals surface area (Å²) in [5.41, 5.74) is 0. The summed E-state index contributed by atoms with van der Waals surface area (Å²) in [6, 6.07) is 0. The summed E-state index contributed by atoms with van der Waals surface area (Å²) in [4.78, 5) is 5.43. The van der Waals surface area contributed by atoms with Crippen molar-refractivity contribution in [2.24, 2.45) is 0 Å². The standard InChI is InChI=1S/C40H80N2/c1-4-7-10-13-16-19-21-22-23-24-26-29-32-35-40-41(36-33-30-27-18-15-12-9-6-3)38-39-42(40)37-34-31-28-25-20-17-14-11-8-5-2/h38-40H,4-37H2,1-3H3. The van der Waals surface area contributed by atoms with Gasteiger partial charge in [-0.3, -0.25) is 0 Å². The van der Waals surface area contributed by atoms with Crippen molar-refractivity contribution in [3.8, 4) is 0 Å². The minimum Gasteiger partial charge on any atom is -0.356 e. The highest BCUT2D eigenvalue weighted by Gasteiger charge is 2.24. The molecule has 0 saturated heterocycles. The van der Waals surface area contributed by atoms with E-state index >= 15 is 0 Å². The molecule has 0 amide bonds. The molecule has 0 aromatic rings. The van der Waals surface area contributed by atoms with Gasteiger partial charge in [-0.1, -0.05) is 201 Å². The van der Waals surface area contributed by atoms with Gasteiger partial charge in [-0.2, -0.15) is 0 Å². The molecule has 1 unspecified atom stereocenters. The molecule has 250 valence electrons. The van der Waals surface area contributed by atoms with Crippen LogP contribution >= 0.6 is 0 Å². The number of rotatable bonds is 34. The van der Waals surface area contributed by atoms with E-state index in [4.69, 9.17) is 0 Å². The fraction of sp³-hybridized carbons (Fsp3) is 0.950. The Bertz CT molecular complexity index is 544. The second-order valence-electron chi connectivity index (χ2n) is 13.9. The van der Waals surface area contributed by atoms with Crippen LogP contribution in [0.25, 0.3) is 0 Å². The third-order valence-corrected chi connectivity index (χ3v) is 9.82. The predicted octanol–water partition coefficient (Wildman–Crippen LogP) is 13.9. The summed E-state index contributed by atoms with van der Waals surface area (Å²) >= 11 is 0. The van der Waals surface area contributed by atoms with E-state index < -0.39 is 0 Å². The van der Waals surface area contributed by atoms with Crippen LogP contribution in [0, 0.1) is 0 Å². The molecule has 1 aliphatic rings. The molecular formula is C40H80N2. The Hall–Kier alpha value is -0.660. The van der Waals surface area contributed by atoms with Gasteiger partial charge in [-0.25, -0.2) is 0 Å². The van der Waals surface area contributed by atoms with Gasteiger partial charge in [-0.15, -0.1) is 0 Å². The molecule has 0 radical (unpaired) electrons. The van der Waals surface area contributed by atoms with E-state index in [9.17, 15) is 0 Å². The van der Waals surface area contributed by atoms with Crippen molar-refractivity contribution < 1.29 is 0 Å². The molecule has 1 rings (SSSR count). The van der Waals surface area contributed by atoms with Gasteiger partial charge in [-0.05, 0) is 25.7 Å². The summed E-state index contributed by atoms with van der Waals surface area (Å²) < 4.78 is 0. The Balaban J connectivity index is 2.22. The lowest BCUT2D eigenvalue weighted by molar-refractivity contribution is 0.135. The molecule has 0 N–H and O–H groups in total. The lowest BCUT2D eigenvalue weighted by Gasteiger charge is -2.33. The zero-order valence-corrected chi connectivity index (χ0v) is 29.7. The van der Waals surface area contributed by atoms with E-state index in [-0.39, 0.29) is 0 Å². The van der Waals surface area contributed by atoms with Crippen LogP contribution in [0.3, 0.4) is 0 Å². The highest BCUT2D eigenvalue weighted by atomic mass is 15.4. The maximum atomic E-state index is 2.72. The summed E-state index contributed by atoms with van der Waals surface area (Å²) in [5, 5.41) is 0. The van der Waals surface area contributed by atoms with Crippen LogP contribution in [0.15, 0.2) is 12.4 Å². The average molecular weight is 589 g/mol. The van der Waals surface area contributed by atoms with Gasteiger partial charge >= 0.3 is 0 Å². The molecule has 2 heteroatoms. The van der Waals surface area contributed by atoms with Crippen molar-refractivity contribution in [2.45, 2.75) is 232 Å². The number of nitrogens with zero attached hydrogens (tertiary/aromatic N) is 2. The maximum Gasteiger partial charge on any atom is 0.101 e. The van der Waals surface area contributed by atoms with Gasteiger partial charge in [0, 0.05) is 25.5 Å². The van der Waals surface area contributed by atoms with Crippen molar-refractivity contribution in [1.29, 1.82) is 0 Å². The smallest absolute Gasteiger partial charge is 0.101 e. The Kier molecular flexibility index (Phi) is 29.8. The van der Waals surface area contributed by atoms with Crippen molar-refractivity contribution >= 4 is 0 Å². The second kappa shape index (κ2) is 31.8. The molecule has 0 saturated carbocycles. The predicted molar refractivity (Wildman–Crippen MR) is 191 cm³/mol. The quantitative estimate of drug-likeness (QED) is 0.0690. The molecule has 2 nitrogen and oxygen atoms in total. The number of unbranched alkanes of at least 4 members (excludes halogenated alkanes) is 28. The van der Waals surface area contributed by atoms with Crippen LogP contribution < -0.4 is 0 Å². The van der Waals surface area contributed by atoms with E-state index in [0.717, 1.165) is 0 Å². The molecule has 0 aromatic carbocycles. The molecule has 0 fully saturated rings. The van der Waals surface area contributed by atoms with E-state index in [1.807, 2.05) is 0 Å². The minimum absolute atomic E-state index is 0.640. The summed E-state index contributed by atoms with van der Waals surface area (Å²) in [6.45, 7) is 9.48. The highest BCUT2D eigenvalue weighted by Crippen LogP contribution is 2.24. The molecule has 42 heavy (non-hydrogen) atoms. The van der Waals surface area contributed by atoms with Crippen LogP contribution in [0.4, 0.5) is 0 Å². The first-order valence-corrected chi connectivity index (χ1v) is 20.0. The van der Waals surface area contributed by atoms with E-state index in [0.29, 0.717) is 6.17 Å². The molecule has 0 aliphatic carbocycles. The van der Waals surface area contributed by atoms with Crippen molar-refractivity contribution in [2.75, 3.05) is 13.1 Å². The molecule has 0 aromatic heterocycles. The second-order valence-corrected chi connectivity index (χ2v) is 13.9. The normalized spacial score (nSPS) is 15.0. The van der Waals surface area contributed by atoms with E-state index in [2.05, 4.69) is 43.0 Å². The Morgan fingerprint density at radius 3 is 0.833 bits per heavy atom. The Morgan fingerprint density at radius 1 is 0.310 bits per heavy atom. The maximum absolute atomic E-state index is 2.72. The van der Waals surface area contributed by atoms with Crippen LogP contribution in [-0.2, 0) is 0 Å². The zero-order chi connectivity index (χ0) is 30.2. The Morgan fingerprint density at radius 2 is 0.548 bits per heavy atom. The first-order chi connectivity index (χ1) is 20.8.